The summed E-state index contributed by atoms with van der Waals surface area (Å²) in [6.07, 6.45) is 2.21. The van der Waals surface area contributed by atoms with Gasteiger partial charge in [-0.2, -0.15) is 0 Å². The summed E-state index contributed by atoms with van der Waals surface area (Å²) < 4.78 is 0. The Morgan fingerprint density at radius 1 is 1.39 bits per heavy atom. The molecule has 1 aliphatic carbocycles. The first-order valence-corrected chi connectivity index (χ1v) is 6.85. The van der Waals surface area contributed by atoms with Gasteiger partial charge in [-0.3, -0.25) is 0 Å². The van der Waals surface area contributed by atoms with Crippen LogP contribution in [0.2, 0.25) is 5.02 Å². The number of carboxylic acids is 1. The number of benzene rings is 1. The average Bonchev–Trinajstić information content (AvgIpc) is 3.09. The molecule has 1 heterocycles. The van der Waals surface area contributed by atoms with E-state index in [2.05, 4.69) is 4.98 Å². The largest absolute Gasteiger partial charge is 0.477 e. The number of carboxylic acid groups (broad SMARTS) is 1. The third-order valence-corrected chi connectivity index (χ3v) is 4.43. The van der Waals surface area contributed by atoms with Gasteiger partial charge in [0.15, 0.2) is 0 Å². The van der Waals surface area contributed by atoms with Crippen LogP contribution in [-0.4, -0.2) is 16.1 Å². The van der Waals surface area contributed by atoms with Crippen molar-refractivity contribution >= 4 is 28.9 Å². The lowest BCUT2D eigenvalue weighted by Crippen LogP contribution is -1.95. The van der Waals surface area contributed by atoms with Crippen molar-refractivity contribution in [1.82, 2.24) is 4.98 Å². The maximum absolute atomic E-state index is 11.3. The molecule has 92 valence electrons. The van der Waals surface area contributed by atoms with Gasteiger partial charge < -0.3 is 5.11 Å². The molecule has 0 radical (unpaired) electrons. The monoisotopic (exact) mass is 279 g/mol. The predicted octanol–water partition coefficient (Wildman–Crippen LogP) is 4.04. The van der Waals surface area contributed by atoms with Crippen LogP contribution in [0.3, 0.4) is 0 Å². The maximum atomic E-state index is 11.3. The standard InChI is InChI=1S/C13H10ClNO2S/c14-9-4-2-1-3-8(9)10-11(13(16)17)18-12(15-10)7-5-6-7/h1-4,7H,5-6H2,(H,16,17). The summed E-state index contributed by atoms with van der Waals surface area (Å²) in [6, 6.07) is 7.21. The van der Waals surface area contributed by atoms with Crippen molar-refractivity contribution in [2.24, 2.45) is 0 Å². The molecule has 0 saturated heterocycles. The minimum atomic E-state index is -0.936. The number of hydrogen-bond acceptors (Lipinski definition) is 3. The fourth-order valence-electron chi connectivity index (χ4n) is 1.82. The number of aromatic carboxylic acids is 1. The Morgan fingerprint density at radius 3 is 2.72 bits per heavy atom. The number of carbonyl (C=O) groups is 1. The van der Waals surface area contributed by atoms with Crippen LogP contribution in [0, 0.1) is 0 Å². The van der Waals surface area contributed by atoms with Crippen LogP contribution in [0.1, 0.15) is 33.4 Å². The molecular formula is C13H10ClNO2S. The van der Waals surface area contributed by atoms with E-state index in [4.69, 9.17) is 11.6 Å². The molecule has 1 aromatic heterocycles. The fraction of sp³-hybridized carbons (Fsp3) is 0.231. The van der Waals surface area contributed by atoms with Gasteiger partial charge in [0.05, 0.1) is 15.7 Å². The minimum Gasteiger partial charge on any atom is -0.477 e. The van der Waals surface area contributed by atoms with Crippen molar-refractivity contribution in [2.45, 2.75) is 18.8 Å². The summed E-state index contributed by atoms with van der Waals surface area (Å²) in [5, 5.41) is 10.7. The highest BCUT2D eigenvalue weighted by atomic mass is 35.5. The Morgan fingerprint density at radius 2 is 2.11 bits per heavy atom. The third-order valence-electron chi connectivity index (χ3n) is 2.89. The summed E-state index contributed by atoms with van der Waals surface area (Å²) in [6.45, 7) is 0. The molecule has 0 atom stereocenters. The second kappa shape index (κ2) is 4.37. The first kappa shape index (κ1) is 11.7. The molecule has 0 amide bonds. The SMILES string of the molecule is O=C(O)c1sc(C2CC2)nc1-c1ccccc1Cl. The second-order valence-electron chi connectivity index (χ2n) is 4.29. The number of rotatable bonds is 3. The van der Waals surface area contributed by atoms with Gasteiger partial charge in [0.25, 0.3) is 0 Å². The van der Waals surface area contributed by atoms with Crippen LogP contribution in [0.4, 0.5) is 0 Å². The molecule has 0 aliphatic heterocycles. The topological polar surface area (TPSA) is 50.2 Å². The van der Waals surface area contributed by atoms with Crippen LogP contribution in [0.25, 0.3) is 11.3 Å². The van der Waals surface area contributed by atoms with Crippen molar-refractivity contribution in [3.63, 3.8) is 0 Å². The first-order chi connectivity index (χ1) is 8.66. The Labute approximate surface area is 113 Å². The van der Waals surface area contributed by atoms with Gasteiger partial charge >= 0.3 is 5.97 Å². The smallest absolute Gasteiger partial charge is 0.348 e. The van der Waals surface area contributed by atoms with E-state index in [1.165, 1.54) is 11.3 Å². The predicted molar refractivity (Wildman–Crippen MR) is 71.5 cm³/mol. The molecule has 5 heteroatoms. The maximum Gasteiger partial charge on any atom is 0.348 e. The third kappa shape index (κ3) is 2.02. The zero-order valence-corrected chi connectivity index (χ0v) is 11.0. The van der Waals surface area contributed by atoms with Gasteiger partial charge in [0.2, 0.25) is 0 Å². The highest BCUT2D eigenvalue weighted by Gasteiger charge is 2.30. The molecule has 1 N–H and O–H groups in total. The van der Waals surface area contributed by atoms with Crippen molar-refractivity contribution < 1.29 is 9.90 Å². The van der Waals surface area contributed by atoms with E-state index < -0.39 is 5.97 Å². The van der Waals surface area contributed by atoms with Crippen LogP contribution < -0.4 is 0 Å². The Kier molecular flexibility index (Phi) is 2.84. The van der Waals surface area contributed by atoms with Crippen molar-refractivity contribution in [1.29, 1.82) is 0 Å². The molecule has 0 spiro atoms. The normalized spacial score (nSPS) is 14.7. The lowest BCUT2D eigenvalue weighted by atomic mass is 10.1. The molecular weight excluding hydrogens is 270 g/mol. The quantitative estimate of drug-likeness (QED) is 0.922. The van der Waals surface area contributed by atoms with Crippen molar-refractivity contribution in [3.05, 3.63) is 39.2 Å². The highest BCUT2D eigenvalue weighted by molar-refractivity contribution is 7.14. The highest BCUT2D eigenvalue weighted by Crippen LogP contribution is 2.44. The zero-order valence-electron chi connectivity index (χ0n) is 9.39. The Hall–Kier alpha value is -1.39. The number of halogens is 1. The lowest BCUT2D eigenvalue weighted by molar-refractivity contribution is 0.0702. The van der Waals surface area contributed by atoms with Crippen LogP contribution >= 0.6 is 22.9 Å². The van der Waals surface area contributed by atoms with Gasteiger partial charge in [-0.05, 0) is 18.9 Å². The first-order valence-electron chi connectivity index (χ1n) is 5.65. The number of thiazole rings is 1. The molecule has 0 bridgehead atoms. The second-order valence-corrected chi connectivity index (χ2v) is 5.73. The Bertz CT molecular complexity index is 619. The van der Waals surface area contributed by atoms with Crippen LogP contribution in [-0.2, 0) is 0 Å². The van der Waals surface area contributed by atoms with E-state index in [9.17, 15) is 9.90 Å². The fourth-order valence-corrected chi connectivity index (χ4v) is 3.14. The number of nitrogens with zero attached hydrogens (tertiary/aromatic N) is 1. The molecule has 0 unspecified atom stereocenters. The van der Waals surface area contributed by atoms with Gasteiger partial charge in [-0.15, -0.1) is 11.3 Å². The van der Waals surface area contributed by atoms with Crippen molar-refractivity contribution in [3.8, 4) is 11.3 Å². The minimum absolute atomic E-state index is 0.282. The van der Waals surface area contributed by atoms with Gasteiger partial charge in [-0.1, -0.05) is 29.8 Å². The van der Waals surface area contributed by atoms with Gasteiger partial charge in [0.1, 0.15) is 4.88 Å². The molecule has 1 aromatic carbocycles. The molecule has 1 saturated carbocycles. The zero-order chi connectivity index (χ0) is 12.7. The van der Waals surface area contributed by atoms with E-state index in [-0.39, 0.29) is 4.88 Å². The van der Waals surface area contributed by atoms with E-state index in [1.54, 1.807) is 12.1 Å². The average molecular weight is 280 g/mol. The summed E-state index contributed by atoms with van der Waals surface area (Å²) in [5.41, 5.74) is 1.19. The number of hydrogen-bond donors (Lipinski definition) is 1. The van der Waals surface area contributed by atoms with E-state index >= 15 is 0 Å². The molecule has 1 aliphatic rings. The summed E-state index contributed by atoms with van der Waals surface area (Å²) in [5.74, 6) is -0.487. The van der Waals surface area contributed by atoms with E-state index in [0.29, 0.717) is 22.2 Å². The van der Waals surface area contributed by atoms with Crippen LogP contribution in [0.15, 0.2) is 24.3 Å². The van der Waals surface area contributed by atoms with E-state index in [1.807, 2.05) is 12.1 Å². The molecule has 3 rings (SSSR count). The van der Waals surface area contributed by atoms with E-state index in [0.717, 1.165) is 17.8 Å². The molecule has 3 nitrogen and oxygen atoms in total. The van der Waals surface area contributed by atoms with Crippen LogP contribution in [0.5, 0.6) is 0 Å². The summed E-state index contributed by atoms with van der Waals surface area (Å²) in [7, 11) is 0. The summed E-state index contributed by atoms with van der Waals surface area (Å²) in [4.78, 5) is 16.1. The molecule has 1 fully saturated rings. The van der Waals surface area contributed by atoms with Gasteiger partial charge in [-0.25, -0.2) is 9.78 Å². The molecule has 2 aromatic rings. The lowest BCUT2D eigenvalue weighted by Gasteiger charge is -2.01. The van der Waals surface area contributed by atoms with Gasteiger partial charge in [0, 0.05) is 11.5 Å². The Balaban J connectivity index is 2.15. The van der Waals surface area contributed by atoms with Crippen molar-refractivity contribution in [2.75, 3.05) is 0 Å². The molecule has 18 heavy (non-hydrogen) atoms. The summed E-state index contributed by atoms with van der Waals surface area (Å²) >= 11 is 7.38. The number of aromatic nitrogens is 1.